The monoisotopic (exact) mass is 351 g/mol. The maximum atomic E-state index is 12.7. The van der Waals surface area contributed by atoms with Crippen LogP contribution in [0, 0.1) is 22.7 Å². The summed E-state index contributed by atoms with van der Waals surface area (Å²) in [5.41, 5.74) is -1.10. The van der Waals surface area contributed by atoms with Crippen LogP contribution in [0.1, 0.15) is 18.9 Å². The number of benzene rings is 1. The number of para-hydroxylation sites is 1. The lowest BCUT2D eigenvalue weighted by molar-refractivity contribution is -0.119. The summed E-state index contributed by atoms with van der Waals surface area (Å²) >= 11 is 0. The lowest BCUT2D eigenvalue weighted by Crippen LogP contribution is -2.45. The van der Waals surface area contributed by atoms with Crippen LogP contribution in [0.2, 0.25) is 0 Å². The third kappa shape index (κ3) is 3.87. The second-order valence-electron chi connectivity index (χ2n) is 5.40. The van der Waals surface area contributed by atoms with Crippen molar-refractivity contribution in [1.29, 1.82) is 10.5 Å². The number of rotatable bonds is 6. The van der Waals surface area contributed by atoms with Crippen molar-refractivity contribution < 1.29 is 4.79 Å². The molecule has 0 fully saturated rings. The van der Waals surface area contributed by atoms with E-state index in [2.05, 4.69) is 0 Å². The highest BCUT2D eigenvalue weighted by Crippen LogP contribution is 2.14. The number of nitrogens with zero attached hydrogens (tertiary/aromatic N) is 5. The molecular formula is C18H17N5O3. The standard InChI is InChI=1S/C18H17N5O3/c1-2-21-12-14(11-20)17(25)23(18(21)26)13-16(24)22(10-6-9-19)15-7-4-3-5-8-15/h3-5,7-8,12H,2,6,10,13H2,1H3. The lowest BCUT2D eigenvalue weighted by Gasteiger charge is -2.22. The molecule has 2 aromatic rings. The van der Waals surface area contributed by atoms with Gasteiger partial charge in [-0.25, -0.2) is 9.36 Å². The summed E-state index contributed by atoms with van der Waals surface area (Å²) in [4.78, 5) is 38.8. The maximum absolute atomic E-state index is 12.7. The lowest BCUT2D eigenvalue weighted by atomic mass is 10.2. The molecule has 0 saturated heterocycles. The molecule has 0 aliphatic rings. The predicted molar refractivity (Wildman–Crippen MR) is 94.4 cm³/mol. The maximum Gasteiger partial charge on any atom is 0.331 e. The normalized spacial score (nSPS) is 9.96. The van der Waals surface area contributed by atoms with Crippen LogP contribution in [-0.4, -0.2) is 21.6 Å². The van der Waals surface area contributed by atoms with E-state index < -0.39 is 23.7 Å². The summed E-state index contributed by atoms with van der Waals surface area (Å²) in [7, 11) is 0. The van der Waals surface area contributed by atoms with E-state index in [0.717, 1.165) is 4.57 Å². The third-order valence-corrected chi connectivity index (χ3v) is 3.81. The smallest absolute Gasteiger partial charge is 0.310 e. The van der Waals surface area contributed by atoms with Crippen molar-refractivity contribution in [3.63, 3.8) is 0 Å². The SMILES string of the molecule is CCn1cc(C#N)c(=O)n(CC(=O)N(CCC#N)c2ccccc2)c1=O. The van der Waals surface area contributed by atoms with E-state index in [4.69, 9.17) is 10.5 Å². The number of hydrogen-bond donors (Lipinski definition) is 0. The van der Waals surface area contributed by atoms with Gasteiger partial charge in [0.05, 0.1) is 12.5 Å². The van der Waals surface area contributed by atoms with Gasteiger partial charge in [0.1, 0.15) is 18.2 Å². The molecule has 0 bridgehead atoms. The molecule has 8 nitrogen and oxygen atoms in total. The van der Waals surface area contributed by atoms with Gasteiger partial charge < -0.3 is 4.90 Å². The molecule has 0 spiro atoms. The summed E-state index contributed by atoms with van der Waals surface area (Å²) < 4.78 is 1.96. The van der Waals surface area contributed by atoms with Crippen LogP contribution in [0.3, 0.4) is 0 Å². The van der Waals surface area contributed by atoms with E-state index in [-0.39, 0.29) is 25.1 Å². The van der Waals surface area contributed by atoms with Crippen LogP contribution < -0.4 is 16.1 Å². The van der Waals surface area contributed by atoms with Crippen molar-refractivity contribution >= 4 is 11.6 Å². The Labute approximate surface area is 149 Å². The van der Waals surface area contributed by atoms with Gasteiger partial charge in [0.15, 0.2) is 0 Å². The van der Waals surface area contributed by atoms with Crippen LogP contribution in [-0.2, 0) is 17.9 Å². The van der Waals surface area contributed by atoms with Crippen molar-refractivity contribution in [2.24, 2.45) is 0 Å². The van der Waals surface area contributed by atoms with E-state index in [1.54, 1.807) is 43.3 Å². The quantitative estimate of drug-likeness (QED) is 0.766. The molecule has 0 aliphatic carbocycles. The van der Waals surface area contributed by atoms with Crippen molar-refractivity contribution in [1.82, 2.24) is 9.13 Å². The van der Waals surface area contributed by atoms with Crippen LogP contribution in [0.15, 0.2) is 46.1 Å². The molecule has 1 aromatic carbocycles. The third-order valence-electron chi connectivity index (χ3n) is 3.81. The van der Waals surface area contributed by atoms with Gasteiger partial charge >= 0.3 is 5.69 Å². The number of carbonyl (C=O) groups is 1. The van der Waals surface area contributed by atoms with Crippen molar-refractivity contribution in [3.05, 3.63) is 62.9 Å². The van der Waals surface area contributed by atoms with Gasteiger partial charge in [0.25, 0.3) is 5.56 Å². The molecule has 0 atom stereocenters. The summed E-state index contributed by atoms with van der Waals surface area (Å²) in [6, 6.07) is 12.4. The summed E-state index contributed by atoms with van der Waals surface area (Å²) in [5, 5.41) is 17.9. The second-order valence-corrected chi connectivity index (χ2v) is 5.40. The molecule has 0 N–H and O–H groups in total. The van der Waals surface area contributed by atoms with Gasteiger partial charge in [0.2, 0.25) is 5.91 Å². The van der Waals surface area contributed by atoms with E-state index >= 15 is 0 Å². The molecular weight excluding hydrogens is 334 g/mol. The molecule has 0 radical (unpaired) electrons. The summed E-state index contributed by atoms with van der Waals surface area (Å²) in [6.07, 6.45) is 1.29. The summed E-state index contributed by atoms with van der Waals surface area (Å²) in [5.74, 6) is -0.511. The zero-order valence-electron chi connectivity index (χ0n) is 14.3. The first kappa shape index (κ1) is 18.7. The molecule has 0 saturated carbocycles. The van der Waals surface area contributed by atoms with E-state index in [9.17, 15) is 14.4 Å². The number of aryl methyl sites for hydroxylation is 1. The predicted octanol–water partition coefficient (Wildman–Crippen LogP) is 0.848. The first-order valence-corrected chi connectivity index (χ1v) is 8.00. The molecule has 26 heavy (non-hydrogen) atoms. The molecule has 132 valence electrons. The number of anilines is 1. The van der Waals surface area contributed by atoms with E-state index in [0.29, 0.717) is 5.69 Å². The number of carbonyl (C=O) groups excluding carboxylic acids is 1. The zero-order valence-corrected chi connectivity index (χ0v) is 14.3. The Morgan fingerprint density at radius 3 is 2.46 bits per heavy atom. The highest BCUT2D eigenvalue weighted by Gasteiger charge is 2.19. The van der Waals surface area contributed by atoms with Gasteiger partial charge in [-0.15, -0.1) is 0 Å². The fraction of sp³-hybridized carbons (Fsp3) is 0.278. The molecule has 1 amide bonds. The topological polar surface area (TPSA) is 112 Å². The number of aromatic nitrogens is 2. The Morgan fingerprint density at radius 1 is 1.19 bits per heavy atom. The highest BCUT2D eigenvalue weighted by atomic mass is 16.2. The Balaban J connectivity index is 2.44. The van der Waals surface area contributed by atoms with Crippen molar-refractivity contribution in [2.45, 2.75) is 26.4 Å². The van der Waals surface area contributed by atoms with Crippen LogP contribution in [0.5, 0.6) is 0 Å². The first-order chi connectivity index (χ1) is 12.5. The first-order valence-electron chi connectivity index (χ1n) is 8.00. The minimum absolute atomic E-state index is 0.104. The molecule has 0 unspecified atom stereocenters. The Bertz CT molecular complexity index is 993. The van der Waals surface area contributed by atoms with Gasteiger partial charge in [-0.1, -0.05) is 18.2 Å². The number of amides is 1. The van der Waals surface area contributed by atoms with Gasteiger partial charge in [-0.3, -0.25) is 14.2 Å². The van der Waals surface area contributed by atoms with Crippen LogP contribution in [0.4, 0.5) is 5.69 Å². The largest absolute Gasteiger partial charge is 0.331 e. The van der Waals surface area contributed by atoms with E-state index in [1.165, 1.54) is 15.7 Å². The van der Waals surface area contributed by atoms with Crippen molar-refractivity contribution in [3.8, 4) is 12.1 Å². The minimum atomic E-state index is -0.802. The number of nitriles is 2. The van der Waals surface area contributed by atoms with Crippen LogP contribution >= 0.6 is 0 Å². The highest BCUT2D eigenvalue weighted by molar-refractivity contribution is 5.93. The van der Waals surface area contributed by atoms with Crippen LogP contribution in [0.25, 0.3) is 0 Å². The zero-order chi connectivity index (χ0) is 19.1. The molecule has 1 aromatic heterocycles. The van der Waals surface area contributed by atoms with Gasteiger partial charge in [0, 0.05) is 25.0 Å². The van der Waals surface area contributed by atoms with E-state index in [1.807, 2.05) is 6.07 Å². The van der Waals surface area contributed by atoms with Gasteiger partial charge in [-0.2, -0.15) is 10.5 Å². The second kappa shape index (κ2) is 8.45. The fourth-order valence-electron chi connectivity index (χ4n) is 2.48. The fourth-order valence-corrected chi connectivity index (χ4v) is 2.48. The minimum Gasteiger partial charge on any atom is -0.310 e. The molecule has 8 heteroatoms. The Hall–Kier alpha value is -3.65. The summed E-state index contributed by atoms with van der Waals surface area (Å²) in [6.45, 7) is 1.59. The Morgan fingerprint density at radius 2 is 1.88 bits per heavy atom. The molecule has 1 heterocycles. The Kier molecular flexibility index (Phi) is 6.07. The molecule has 0 aliphatic heterocycles. The van der Waals surface area contributed by atoms with Crippen molar-refractivity contribution in [2.75, 3.05) is 11.4 Å². The molecule has 2 rings (SSSR count). The number of hydrogen-bond acceptors (Lipinski definition) is 5. The average Bonchev–Trinajstić information content (AvgIpc) is 2.66. The average molecular weight is 351 g/mol. The van der Waals surface area contributed by atoms with Gasteiger partial charge in [-0.05, 0) is 19.1 Å².